The van der Waals surface area contributed by atoms with Crippen LogP contribution in [0.15, 0.2) is 24.3 Å². The van der Waals surface area contributed by atoms with Gasteiger partial charge in [0, 0.05) is 24.7 Å². The zero-order valence-corrected chi connectivity index (χ0v) is 14.8. The average molecular weight is 334 g/mol. The predicted molar refractivity (Wildman–Crippen MR) is 91.7 cm³/mol. The Morgan fingerprint density at radius 2 is 2.00 bits per heavy atom. The van der Waals surface area contributed by atoms with Crippen LogP contribution in [0.2, 0.25) is 0 Å². The van der Waals surface area contributed by atoms with Crippen molar-refractivity contribution in [3.63, 3.8) is 0 Å². The number of nitrogens with zero attached hydrogens (tertiary/aromatic N) is 1. The number of piperidine rings is 1. The van der Waals surface area contributed by atoms with Gasteiger partial charge in [-0.15, -0.1) is 0 Å². The summed E-state index contributed by atoms with van der Waals surface area (Å²) in [4.78, 5) is 27.3. The first-order valence-corrected chi connectivity index (χ1v) is 8.70. The van der Waals surface area contributed by atoms with E-state index in [1.54, 1.807) is 32.0 Å². The molecule has 0 aromatic heterocycles. The van der Waals surface area contributed by atoms with Crippen LogP contribution < -0.4 is 5.32 Å². The van der Waals surface area contributed by atoms with Crippen LogP contribution in [-0.2, 0) is 16.1 Å². The lowest BCUT2D eigenvalue weighted by Crippen LogP contribution is -2.53. The second kappa shape index (κ2) is 7.77. The molecule has 5 heteroatoms. The summed E-state index contributed by atoms with van der Waals surface area (Å²) >= 11 is 0. The number of nitrogens with one attached hydrogen (secondary N) is 1. The number of rotatable bonds is 5. The molecule has 0 spiro atoms. The molecule has 1 aliphatic heterocycles. The van der Waals surface area contributed by atoms with Gasteiger partial charge in [0.25, 0.3) is 0 Å². The molecule has 0 radical (unpaired) electrons. The lowest BCUT2D eigenvalue weighted by molar-refractivity contribution is -0.151. The fourth-order valence-corrected chi connectivity index (χ4v) is 3.19. The van der Waals surface area contributed by atoms with Crippen molar-refractivity contribution in [1.82, 2.24) is 10.2 Å². The second-order valence-corrected chi connectivity index (χ2v) is 6.96. The second-order valence-electron chi connectivity index (χ2n) is 6.96. The van der Waals surface area contributed by atoms with E-state index in [9.17, 15) is 14.0 Å². The van der Waals surface area contributed by atoms with Gasteiger partial charge in [0.15, 0.2) is 0 Å². The van der Waals surface area contributed by atoms with E-state index >= 15 is 0 Å². The maximum Gasteiger partial charge on any atom is 0.237 e. The third-order valence-corrected chi connectivity index (χ3v) is 4.86. The molecule has 1 aromatic rings. The van der Waals surface area contributed by atoms with E-state index in [1.807, 2.05) is 4.90 Å². The largest absolute Gasteiger partial charge is 0.351 e. The molecule has 0 aliphatic carbocycles. The van der Waals surface area contributed by atoms with Crippen molar-refractivity contribution >= 4 is 11.8 Å². The molecule has 1 N–H and O–H groups in total. The summed E-state index contributed by atoms with van der Waals surface area (Å²) in [6.45, 7) is 6.16. The van der Waals surface area contributed by atoms with Gasteiger partial charge in [-0.05, 0) is 45.6 Å². The number of carbonyl (C=O) groups is 2. The van der Waals surface area contributed by atoms with E-state index in [2.05, 4.69) is 12.2 Å². The number of hydrogen-bond acceptors (Lipinski definition) is 2. The normalized spacial score (nSPS) is 18.3. The van der Waals surface area contributed by atoms with Gasteiger partial charge >= 0.3 is 0 Å². The molecule has 1 aromatic carbocycles. The van der Waals surface area contributed by atoms with Crippen molar-refractivity contribution in [1.29, 1.82) is 0 Å². The molecule has 24 heavy (non-hydrogen) atoms. The summed E-state index contributed by atoms with van der Waals surface area (Å²) in [5, 5.41) is 2.71. The standard InChI is InChI=1S/C19H27FN2O2/c1-4-15-10-7-8-12-22(15)18(24)19(2,3)17(23)21-13-14-9-5-6-11-16(14)20/h5-6,9,11,15H,4,7-8,10,12-13H2,1-3H3,(H,21,23). The zero-order chi connectivity index (χ0) is 17.7. The van der Waals surface area contributed by atoms with Crippen molar-refractivity contribution < 1.29 is 14.0 Å². The Morgan fingerprint density at radius 1 is 1.29 bits per heavy atom. The number of halogens is 1. The van der Waals surface area contributed by atoms with Gasteiger partial charge in [-0.25, -0.2) is 4.39 Å². The van der Waals surface area contributed by atoms with Crippen LogP contribution in [0.1, 0.15) is 52.0 Å². The minimum atomic E-state index is -1.16. The number of amides is 2. The number of benzene rings is 1. The summed E-state index contributed by atoms with van der Waals surface area (Å²) in [5.41, 5.74) is -0.741. The van der Waals surface area contributed by atoms with Crippen LogP contribution in [0.5, 0.6) is 0 Å². The predicted octanol–water partition coefficient (Wildman–Crippen LogP) is 3.26. The summed E-state index contributed by atoms with van der Waals surface area (Å²) in [6.07, 6.45) is 4.01. The Balaban J connectivity index is 2.03. The van der Waals surface area contributed by atoms with Gasteiger partial charge in [-0.3, -0.25) is 9.59 Å². The highest BCUT2D eigenvalue weighted by Gasteiger charge is 2.41. The summed E-state index contributed by atoms with van der Waals surface area (Å²) in [7, 11) is 0. The van der Waals surface area contributed by atoms with E-state index in [-0.39, 0.29) is 30.2 Å². The summed E-state index contributed by atoms with van der Waals surface area (Å²) in [5.74, 6) is -0.861. The molecule has 2 rings (SSSR count). The number of likely N-dealkylation sites (tertiary alicyclic amines) is 1. The smallest absolute Gasteiger partial charge is 0.237 e. The molecule has 1 unspecified atom stereocenters. The van der Waals surface area contributed by atoms with Crippen LogP contribution in [0.4, 0.5) is 4.39 Å². The third-order valence-electron chi connectivity index (χ3n) is 4.86. The van der Waals surface area contributed by atoms with Gasteiger partial charge in [0.1, 0.15) is 11.2 Å². The van der Waals surface area contributed by atoms with Crippen molar-refractivity contribution in [2.45, 2.75) is 59.0 Å². The Labute approximate surface area is 143 Å². The highest BCUT2D eigenvalue weighted by molar-refractivity contribution is 6.04. The third kappa shape index (κ3) is 3.94. The van der Waals surface area contributed by atoms with Crippen molar-refractivity contribution in [2.24, 2.45) is 5.41 Å². The lowest BCUT2D eigenvalue weighted by Gasteiger charge is -2.39. The molecule has 4 nitrogen and oxygen atoms in total. The van der Waals surface area contributed by atoms with Gasteiger partial charge < -0.3 is 10.2 Å². The lowest BCUT2D eigenvalue weighted by atomic mass is 9.87. The minimum Gasteiger partial charge on any atom is -0.351 e. The van der Waals surface area contributed by atoms with Gasteiger partial charge in [-0.2, -0.15) is 0 Å². The molecule has 0 saturated carbocycles. The molecule has 0 bridgehead atoms. The van der Waals surface area contributed by atoms with E-state index in [0.29, 0.717) is 12.1 Å². The van der Waals surface area contributed by atoms with Gasteiger partial charge in [0.2, 0.25) is 11.8 Å². The Morgan fingerprint density at radius 3 is 2.67 bits per heavy atom. The molecule has 1 saturated heterocycles. The van der Waals surface area contributed by atoms with Crippen molar-refractivity contribution in [3.8, 4) is 0 Å². The number of carbonyl (C=O) groups excluding carboxylic acids is 2. The monoisotopic (exact) mass is 334 g/mol. The molecule has 1 heterocycles. The van der Waals surface area contributed by atoms with Crippen LogP contribution >= 0.6 is 0 Å². The van der Waals surface area contributed by atoms with E-state index in [0.717, 1.165) is 25.7 Å². The molecule has 2 amide bonds. The fraction of sp³-hybridized carbons (Fsp3) is 0.579. The first-order chi connectivity index (χ1) is 11.4. The topological polar surface area (TPSA) is 49.4 Å². The van der Waals surface area contributed by atoms with Crippen LogP contribution in [0.25, 0.3) is 0 Å². The highest BCUT2D eigenvalue weighted by Crippen LogP contribution is 2.27. The quantitative estimate of drug-likeness (QED) is 0.840. The molecular weight excluding hydrogens is 307 g/mol. The molecule has 1 fully saturated rings. The zero-order valence-electron chi connectivity index (χ0n) is 14.8. The molecular formula is C19H27FN2O2. The Kier molecular flexibility index (Phi) is 5.97. The summed E-state index contributed by atoms with van der Waals surface area (Å²) < 4.78 is 13.7. The Bertz CT molecular complexity index is 601. The summed E-state index contributed by atoms with van der Waals surface area (Å²) in [6, 6.07) is 6.53. The number of hydrogen-bond donors (Lipinski definition) is 1. The van der Waals surface area contributed by atoms with Gasteiger partial charge in [0.05, 0.1) is 0 Å². The van der Waals surface area contributed by atoms with Crippen molar-refractivity contribution in [2.75, 3.05) is 6.54 Å². The molecule has 132 valence electrons. The fourth-order valence-electron chi connectivity index (χ4n) is 3.19. The van der Waals surface area contributed by atoms with Gasteiger partial charge in [-0.1, -0.05) is 25.1 Å². The van der Waals surface area contributed by atoms with Crippen LogP contribution in [0.3, 0.4) is 0 Å². The highest BCUT2D eigenvalue weighted by atomic mass is 19.1. The van der Waals surface area contributed by atoms with E-state index < -0.39 is 5.41 Å². The Hall–Kier alpha value is -1.91. The van der Waals surface area contributed by atoms with E-state index in [1.165, 1.54) is 6.07 Å². The maximum atomic E-state index is 13.7. The van der Waals surface area contributed by atoms with Crippen LogP contribution in [0, 0.1) is 11.2 Å². The average Bonchev–Trinajstić information content (AvgIpc) is 2.59. The molecule has 1 aliphatic rings. The van der Waals surface area contributed by atoms with E-state index in [4.69, 9.17) is 0 Å². The van der Waals surface area contributed by atoms with Crippen LogP contribution in [-0.4, -0.2) is 29.3 Å². The molecule has 1 atom stereocenters. The maximum absolute atomic E-state index is 13.7. The minimum absolute atomic E-state index is 0.0828. The first kappa shape index (κ1) is 18.4. The SMILES string of the molecule is CCC1CCCCN1C(=O)C(C)(C)C(=O)NCc1ccccc1F. The van der Waals surface area contributed by atoms with Crippen molar-refractivity contribution in [3.05, 3.63) is 35.6 Å². The first-order valence-electron chi connectivity index (χ1n) is 8.70.